The third-order valence-electron chi connectivity index (χ3n) is 4.66. The number of pyridine rings is 1. The van der Waals surface area contributed by atoms with Crippen LogP contribution in [0.15, 0.2) is 85.1 Å². The lowest BCUT2D eigenvalue weighted by molar-refractivity contribution is -0.141. The molecule has 1 heterocycles. The average Bonchev–Trinajstić information content (AvgIpc) is 2.79. The summed E-state index contributed by atoms with van der Waals surface area (Å²) >= 11 is 0. The minimum absolute atomic E-state index is 0.0734. The van der Waals surface area contributed by atoms with Crippen molar-refractivity contribution in [2.24, 2.45) is 0 Å². The van der Waals surface area contributed by atoms with Crippen molar-refractivity contribution in [3.05, 3.63) is 102 Å². The molecule has 0 bridgehead atoms. The van der Waals surface area contributed by atoms with E-state index in [1.807, 2.05) is 85.8 Å². The predicted molar refractivity (Wildman–Crippen MR) is 113 cm³/mol. The summed E-state index contributed by atoms with van der Waals surface area (Å²) in [6.07, 6.45) is 2.02. The molecular formula is C24H25N3O2. The minimum atomic E-state index is -0.715. The Kier molecular flexibility index (Phi) is 7.11. The van der Waals surface area contributed by atoms with Crippen LogP contribution in [-0.4, -0.2) is 21.7 Å². The molecule has 1 aromatic heterocycles. The van der Waals surface area contributed by atoms with Crippen LogP contribution in [0.25, 0.3) is 0 Å². The fraction of sp³-hybridized carbons (Fsp3) is 0.208. The maximum Gasteiger partial charge on any atom is 0.247 e. The van der Waals surface area contributed by atoms with E-state index in [0.717, 1.165) is 16.8 Å². The monoisotopic (exact) mass is 387 g/mol. The van der Waals surface area contributed by atoms with E-state index in [4.69, 9.17) is 0 Å². The van der Waals surface area contributed by atoms with Gasteiger partial charge in [0.15, 0.2) is 0 Å². The van der Waals surface area contributed by atoms with Crippen molar-refractivity contribution in [2.75, 3.05) is 0 Å². The maximum absolute atomic E-state index is 13.2. The molecule has 0 aliphatic rings. The van der Waals surface area contributed by atoms with Crippen LogP contribution in [0, 0.1) is 0 Å². The molecule has 0 aliphatic heterocycles. The fourth-order valence-electron chi connectivity index (χ4n) is 3.19. The number of carbonyl (C=O) groups excluding carboxylic acids is 2. The summed E-state index contributed by atoms with van der Waals surface area (Å²) < 4.78 is 0. The second-order valence-electron chi connectivity index (χ2n) is 6.71. The zero-order valence-corrected chi connectivity index (χ0v) is 16.5. The van der Waals surface area contributed by atoms with Crippen LogP contribution in [0.4, 0.5) is 0 Å². The average molecular weight is 387 g/mol. The zero-order chi connectivity index (χ0) is 20.5. The van der Waals surface area contributed by atoms with E-state index in [-0.39, 0.29) is 11.8 Å². The standard InChI is InChI=1S/C24H25N3O2/c1-2-22(28)27(18-19-11-5-3-6-12-19)23(20-13-7-4-8-14-20)24(29)26-17-21-15-9-10-16-25-21/h3-16,23H,2,17-18H2,1H3,(H,26,29)/t23-/m0/s1. The summed E-state index contributed by atoms with van der Waals surface area (Å²) in [7, 11) is 0. The van der Waals surface area contributed by atoms with Gasteiger partial charge in [-0.05, 0) is 23.3 Å². The molecule has 0 saturated carbocycles. The Morgan fingerprint density at radius 2 is 1.59 bits per heavy atom. The first kappa shape index (κ1) is 20.3. The lowest BCUT2D eigenvalue weighted by Crippen LogP contribution is -2.43. The Hall–Kier alpha value is -3.47. The van der Waals surface area contributed by atoms with Crippen LogP contribution in [0.3, 0.4) is 0 Å². The molecule has 3 rings (SSSR count). The van der Waals surface area contributed by atoms with Crippen molar-refractivity contribution >= 4 is 11.8 Å². The number of amides is 2. The second kappa shape index (κ2) is 10.2. The molecule has 0 spiro atoms. The van der Waals surface area contributed by atoms with Gasteiger partial charge in [-0.1, -0.05) is 73.7 Å². The lowest BCUT2D eigenvalue weighted by atomic mass is 10.0. The highest BCUT2D eigenvalue weighted by Crippen LogP contribution is 2.24. The highest BCUT2D eigenvalue weighted by atomic mass is 16.2. The van der Waals surface area contributed by atoms with E-state index in [2.05, 4.69) is 10.3 Å². The van der Waals surface area contributed by atoms with Crippen molar-refractivity contribution in [3.8, 4) is 0 Å². The van der Waals surface area contributed by atoms with Gasteiger partial charge in [-0.3, -0.25) is 14.6 Å². The molecule has 5 nitrogen and oxygen atoms in total. The van der Waals surface area contributed by atoms with Gasteiger partial charge in [-0.25, -0.2) is 0 Å². The SMILES string of the molecule is CCC(=O)N(Cc1ccccc1)[C@H](C(=O)NCc1ccccn1)c1ccccc1. The Labute approximate surface area is 171 Å². The maximum atomic E-state index is 13.2. The molecule has 148 valence electrons. The second-order valence-corrected chi connectivity index (χ2v) is 6.71. The number of benzene rings is 2. The number of carbonyl (C=O) groups is 2. The molecule has 5 heteroatoms. The Morgan fingerprint density at radius 1 is 0.931 bits per heavy atom. The van der Waals surface area contributed by atoms with Crippen molar-refractivity contribution in [1.29, 1.82) is 0 Å². The largest absolute Gasteiger partial charge is 0.348 e. The van der Waals surface area contributed by atoms with Crippen LogP contribution < -0.4 is 5.32 Å². The van der Waals surface area contributed by atoms with E-state index >= 15 is 0 Å². The summed E-state index contributed by atoms with van der Waals surface area (Å²) in [5.41, 5.74) is 2.53. The van der Waals surface area contributed by atoms with E-state index in [0.29, 0.717) is 19.5 Å². The molecule has 2 aromatic carbocycles. The number of nitrogens with zero attached hydrogens (tertiary/aromatic N) is 2. The molecule has 0 radical (unpaired) electrons. The summed E-state index contributed by atoms with van der Waals surface area (Å²) in [5, 5.41) is 2.95. The number of aromatic nitrogens is 1. The van der Waals surface area contributed by atoms with E-state index < -0.39 is 6.04 Å². The predicted octanol–water partition coefficient (Wildman–Crippen LogP) is 3.88. The van der Waals surface area contributed by atoms with E-state index in [9.17, 15) is 9.59 Å². The first-order chi connectivity index (χ1) is 14.2. The van der Waals surface area contributed by atoms with Crippen LogP contribution >= 0.6 is 0 Å². The lowest BCUT2D eigenvalue weighted by Gasteiger charge is -2.31. The van der Waals surface area contributed by atoms with E-state index in [1.54, 1.807) is 11.1 Å². The van der Waals surface area contributed by atoms with Crippen molar-refractivity contribution < 1.29 is 9.59 Å². The first-order valence-corrected chi connectivity index (χ1v) is 9.75. The third kappa shape index (κ3) is 5.51. The normalized spacial score (nSPS) is 11.5. The van der Waals surface area contributed by atoms with Gasteiger partial charge in [0.1, 0.15) is 6.04 Å². The van der Waals surface area contributed by atoms with Crippen molar-refractivity contribution in [3.63, 3.8) is 0 Å². The summed E-state index contributed by atoms with van der Waals surface area (Å²) in [5.74, 6) is -0.296. The molecule has 3 aromatic rings. The third-order valence-corrected chi connectivity index (χ3v) is 4.66. The van der Waals surface area contributed by atoms with Crippen LogP contribution in [0.5, 0.6) is 0 Å². The number of rotatable bonds is 8. The molecule has 29 heavy (non-hydrogen) atoms. The van der Waals surface area contributed by atoms with Crippen LogP contribution in [-0.2, 0) is 22.7 Å². The fourth-order valence-corrected chi connectivity index (χ4v) is 3.19. The van der Waals surface area contributed by atoms with Gasteiger partial charge in [0, 0.05) is 19.2 Å². The van der Waals surface area contributed by atoms with Gasteiger partial charge >= 0.3 is 0 Å². The number of hydrogen-bond acceptors (Lipinski definition) is 3. The molecule has 1 atom stereocenters. The quantitative estimate of drug-likeness (QED) is 0.638. The van der Waals surface area contributed by atoms with Gasteiger partial charge in [-0.15, -0.1) is 0 Å². The van der Waals surface area contributed by atoms with Gasteiger partial charge < -0.3 is 10.2 Å². The molecule has 1 N–H and O–H groups in total. The van der Waals surface area contributed by atoms with Gasteiger partial charge in [0.05, 0.1) is 12.2 Å². The zero-order valence-electron chi connectivity index (χ0n) is 16.5. The molecular weight excluding hydrogens is 362 g/mol. The molecule has 2 amide bonds. The van der Waals surface area contributed by atoms with Crippen LogP contribution in [0.1, 0.15) is 36.2 Å². The Morgan fingerprint density at radius 3 is 2.21 bits per heavy atom. The number of nitrogens with one attached hydrogen (secondary N) is 1. The highest BCUT2D eigenvalue weighted by molar-refractivity contribution is 5.88. The molecule has 0 saturated heterocycles. The van der Waals surface area contributed by atoms with Gasteiger partial charge in [0.25, 0.3) is 0 Å². The molecule has 0 fully saturated rings. The molecule has 0 unspecified atom stereocenters. The van der Waals surface area contributed by atoms with E-state index in [1.165, 1.54) is 0 Å². The number of hydrogen-bond donors (Lipinski definition) is 1. The van der Waals surface area contributed by atoms with Crippen LogP contribution in [0.2, 0.25) is 0 Å². The molecule has 0 aliphatic carbocycles. The first-order valence-electron chi connectivity index (χ1n) is 9.75. The minimum Gasteiger partial charge on any atom is -0.348 e. The van der Waals surface area contributed by atoms with Gasteiger partial charge in [0.2, 0.25) is 11.8 Å². The van der Waals surface area contributed by atoms with Crippen molar-refractivity contribution in [1.82, 2.24) is 15.2 Å². The Bertz CT molecular complexity index is 915. The summed E-state index contributed by atoms with van der Waals surface area (Å²) in [6.45, 7) is 2.49. The summed E-state index contributed by atoms with van der Waals surface area (Å²) in [4.78, 5) is 32.0. The summed E-state index contributed by atoms with van der Waals surface area (Å²) in [6, 6.07) is 24.0. The smallest absolute Gasteiger partial charge is 0.247 e. The highest BCUT2D eigenvalue weighted by Gasteiger charge is 2.30. The van der Waals surface area contributed by atoms with Gasteiger partial charge in [-0.2, -0.15) is 0 Å². The topological polar surface area (TPSA) is 62.3 Å². The Balaban J connectivity index is 1.89. The van der Waals surface area contributed by atoms with Crippen molar-refractivity contribution in [2.45, 2.75) is 32.5 Å².